The second-order valence-corrected chi connectivity index (χ2v) is 7.02. The van der Waals surface area contributed by atoms with Gasteiger partial charge >= 0.3 is 0 Å². The SMILES string of the molecule is O=c1cc(C2CC2)ncn1CC1CCN(CCn2cncn2)CC1. The van der Waals surface area contributed by atoms with Crippen LogP contribution in [0.3, 0.4) is 0 Å². The van der Waals surface area contributed by atoms with Crippen LogP contribution in [0.2, 0.25) is 0 Å². The van der Waals surface area contributed by atoms with Crippen LogP contribution in [0.5, 0.6) is 0 Å². The Labute approximate surface area is 141 Å². The van der Waals surface area contributed by atoms with E-state index in [1.807, 2.05) is 4.68 Å². The van der Waals surface area contributed by atoms with Crippen molar-refractivity contribution in [3.63, 3.8) is 0 Å². The van der Waals surface area contributed by atoms with E-state index in [1.54, 1.807) is 29.6 Å². The summed E-state index contributed by atoms with van der Waals surface area (Å²) in [5.41, 5.74) is 1.10. The summed E-state index contributed by atoms with van der Waals surface area (Å²) in [4.78, 5) is 23.2. The minimum atomic E-state index is 0.112. The van der Waals surface area contributed by atoms with E-state index in [9.17, 15) is 4.79 Å². The predicted octanol–water partition coefficient (Wildman–Crippen LogP) is 1.12. The lowest BCUT2D eigenvalue weighted by molar-refractivity contribution is 0.166. The Morgan fingerprint density at radius 2 is 1.92 bits per heavy atom. The lowest BCUT2D eigenvalue weighted by atomic mass is 9.96. The molecule has 2 aromatic rings. The number of likely N-dealkylation sites (tertiary alicyclic amines) is 1. The van der Waals surface area contributed by atoms with Crippen molar-refractivity contribution in [2.24, 2.45) is 5.92 Å². The van der Waals surface area contributed by atoms with Crippen LogP contribution in [0, 0.1) is 5.92 Å². The third-order valence-electron chi connectivity index (χ3n) is 5.17. The molecule has 24 heavy (non-hydrogen) atoms. The fraction of sp³-hybridized carbons (Fsp3) is 0.647. The van der Waals surface area contributed by atoms with Crippen molar-refractivity contribution in [3.05, 3.63) is 41.1 Å². The van der Waals surface area contributed by atoms with Crippen LogP contribution in [0.15, 0.2) is 29.8 Å². The summed E-state index contributed by atoms with van der Waals surface area (Å²) in [6.07, 6.45) is 9.73. The van der Waals surface area contributed by atoms with Gasteiger partial charge in [0.25, 0.3) is 5.56 Å². The average molecular weight is 328 g/mol. The van der Waals surface area contributed by atoms with Crippen molar-refractivity contribution in [1.29, 1.82) is 0 Å². The summed E-state index contributed by atoms with van der Waals surface area (Å²) in [5.74, 6) is 1.11. The Balaban J connectivity index is 1.26. The third-order valence-corrected chi connectivity index (χ3v) is 5.17. The molecular weight excluding hydrogens is 304 g/mol. The summed E-state index contributed by atoms with van der Waals surface area (Å²) in [5, 5.41) is 4.14. The molecule has 0 bridgehead atoms. The number of hydrogen-bond acceptors (Lipinski definition) is 5. The van der Waals surface area contributed by atoms with Gasteiger partial charge in [0.2, 0.25) is 0 Å². The van der Waals surface area contributed by atoms with Gasteiger partial charge in [-0.3, -0.25) is 14.0 Å². The molecule has 1 aliphatic carbocycles. The molecule has 7 nitrogen and oxygen atoms in total. The molecule has 0 amide bonds. The maximum absolute atomic E-state index is 12.2. The number of nitrogens with zero attached hydrogens (tertiary/aromatic N) is 6. The van der Waals surface area contributed by atoms with E-state index >= 15 is 0 Å². The Morgan fingerprint density at radius 3 is 2.58 bits per heavy atom. The van der Waals surface area contributed by atoms with E-state index in [4.69, 9.17) is 0 Å². The summed E-state index contributed by atoms with van der Waals surface area (Å²) in [6, 6.07) is 1.74. The lowest BCUT2D eigenvalue weighted by Crippen LogP contribution is -2.38. The van der Waals surface area contributed by atoms with Crippen molar-refractivity contribution in [3.8, 4) is 0 Å². The van der Waals surface area contributed by atoms with Crippen LogP contribution in [-0.4, -0.2) is 48.8 Å². The highest BCUT2D eigenvalue weighted by molar-refractivity contribution is 5.12. The van der Waals surface area contributed by atoms with E-state index in [0.29, 0.717) is 11.8 Å². The number of hydrogen-bond donors (Lipinski definition) is 0. The molecule has 3 heterocycles. The second kappa shape index (κ2) is 6.84. The molecule has 0 atom stereocenters. The molecule has 0 radical (unpaired) electrons. The van der Waals surface area contributed by atoms with Crippen molar-refractivity contribution < 1.29 is 0 Å². The summed E-state index contributed by atoms with van der Waals surface area (Å²) < 4.78 is 3.67. The topological polar surface area (TPSA) is 68.8 Å². The summed E-state index contributed by atoms with van der Waals surface area (Å²) in [7, 11) is 0. The molecule has 0 spiro atoms. The molecule has 2 aliphatic rings. The van der Waals surface area contributed by atoms with Gasteiger partial charge < -0.3 is 4.90 Å². The fourth-order valence-corrected chi connectivity index (χ4v) is 3.44. The standard InChI is InChI=1S/C17H24N6O/c24-17-9-16(15-1-2-15)19-13-22(17)10-14-3-5-21(6-4-14)7-8-23-12-18-11-20-23/h9,11-15H,1-8,10H2. The van der Waals surface area contributed by atoms with E-state index in [0.717, 1.165) is 51.3 Å². The zero-order chi connectivity index (χ0) is 16.4. The predicted molar refractivity (Wildman–Crippen MR) is 89.7 cm³/mol. The zero-order valence-electron chi connectivity index (χ0n) is 13.9. The summed E-state index contributed by atoms with van der Waals surface area (Å²) >= 11 is 0. The van der Waals surface area contributed by atoms with E-state index in [-0.39, 0.29) is 5.56 Å². The van der Waals surface area contributed by atoms with Crippen molar-refractivity contribution in [2.45, 2.75) is 44.7 Å². The van der Waals surface area contributed by atoms with Crippen LogP contribution >= 0.6 is 0 Å². The van der Waals surface area contributed by atoms with E-state index in [2.05, 4.69) is 20.0 Å². The lowest BCUT2D eigenvalue weighted by Gasteiger charge is -2.32. The number of aromatic nitrogens is 5. The quantitative estimate of drug-likeness (QED) is 0.795. The van der Waals surface area contributed by atoms with E-state index < -0.39 is 0 Å². The average Bonchev–Trinajstić information content (AvgIpc) is 3.32. The summed E-state index contributed by atoms with van der Waals surface area (Å²) in [6.45, 7) is 4.86. The first-order chi connectivity index (χ1) is 11.8. The Kier molecular flexibility index (Phi) is 4.42. The molecule has 1 saturated heterocycles. The Bertz CT molecular complexity index is 713. The molecule has 2 aromatic heterocycles. The van der Waals surface area contributed by atoms with Crippen molar-refractivity contribution >= 4 is 0 Å². The van der Waals surface area contributed by atoms with Crippen LogP contribution in [0.1, 0.15) is 37.3 Å². The third kappa shape index (κ3) is 3.72. The van der Waals surface area contributed by atoms with Gasteiger partial charge in [0.1, 0.15) is 12.7 Å². The van der Waals surface area contributed by atoms with Gasteiger partial charge in [0.05, 0.1) is 18.6 Å². The molecule has 4 rings (SSSR count). The molecule has 0 aromatic carbocycles. The Hall–Kier alpha value is -2.02. The molecule has 7 heteroatoms. The molecule has 1 aliphatic heterocycles. The van der Waals surface area contributed by atoms with Gasteiger partial charge in [-0.15, -0.1) is 0 Å². The smallest absolute Gasteiger partial charge is 0.253 e. The largest absolute Gasteiger partial charge is 0.301 e. The van der Waals surface area contributed by atoms with Gasteiger partial charge in [0.15, 0.2) is 0 Å². The highest BCUT2D eigenvalue weighted by Crippen LogP contribution is 2.38. The van der Waals surface area contributed by atoms with Crippen LogP contribution in [0.25, 0.3) is 0 Å². The van der Waals surface area contributed by atoms with Crippen molar-refractivity contribution in [2.75, 3.05) is 19.6 Å². The first-order valence-electron chi connectivity index (χ1n) is 8.89. The number of rotatable bonds is 6. The monoisotopic (exact) mass is 328 g/mol. The van der Waals surface area contributed by atoms with Crippen LogP contribution < -0.4 is 5.56 Å². The fourth-order valence-electron chi connectivity index (χ4n) is 3.44. The minimum absolute atomic E-state index is 0.112. The second-order valence-electron chi connectivity index (χ2n) is 7.02. The molecule has 0 unspecified atom stereocenters. The Morgan fingerprint density at radius 1 is 1.08 bits per heavy atom. The highest BCUT2D eigenvalue weighted by atomic mass is 16.1. The van der Waals surface area contributed by atoms with Crippen molar-refractivity contribution in [1.82, 2.24) is 29.2 Å². The van der Waals surface area contributed by atoms with Gasteiger partial charge in [-0.05, 0) is 44.7 Å². The number of piperidine rings is 1. The maximum atomic E-state index is 12.2. The van der Waals surface area contributed by atoms with Gasteiger partial charge in [0, 0.05) is 25.1 Å². The van der Waals surface area contributed by atoms with Crippen LogP contribution in [0.4, 0.5) is 0 Å². The molecular formula is C17H24N6O. The van der Waals surface area contributed by atoms with Gasteiger partial charge in [-0.25, -0.2) is 9.97 Å². The normalized spacial score (nSPS) is 19.7. The van der Waals surface area contributed by atoms with Gasteiger partial charge in [-0.1, -0.05) is 0 Å². The van der Waals surface area contributed by atoms with Gasteiger partial charge in [-0.2, -0.15) is 5.10 Å². The first-order valence-corrected chi connectivity index (χ1v) is 8.89. The molecule has 128 valence electrons. The minimum Gasteiger partial charge on any atom is -0.301 e. The molecule has 1 saturated carbocycles. The van der Waals surface area contributed by atoms with Crippen LogP contribution in [-0.2, 0) is 13.1 Å². The van der Waals surface area contributed by atoms with E-state index in [1.165, 1.54) is 12.8 Å². The molecule has 2 fully saturated rings. The maximum Gasteiger partial charge on any atom is 0.253 e. The first kappa shape index (κ1) is 15.5. The zero-order valence-corrected chi connectivity index (χ0v) is 13.9. The highest BCUT2D eigenvalue weighted by Gasteiger charge is 2.26. The molecule has 0 N–H and O–H groups in total.